The Kier molecular flexibility index (Phi) is 3.44. The van der Waals surface area contributed by atoms with Crippen LogP contribution in [-0.2, 0) is 12.8 Å². The first kappa shape index (κ1) is 12.2. The van der Waals surface area contributed by atoms with Crippen LogP contribution in [0, 0.1) is 6.92 Å². The second-order valence-corrected chi connectivity index (χ2v) is 5.90. The fourth-order valence-corrected chi connectivity index (χ4v) is 3.24. The zero-order valence-electron chi connectivity index (χ0n) is 10.9. The highest BCUT2D eigenvalue weighted by Gasteiger charge is 2.24. The van der Waals surface area contributed by atoms with Gasteiger partial charge in [0.25, 0.3) is 0 Å². The predicted octanol–water partition coefficient (Wildman–Crippen LogP) is 1.90. The number of nitrogens with zero attached hydrogens (tertiary/aromatic N) is 2. The Morgan fingerprint density at radius 1 is 1.39 bits per heavy atom. The molecule has 1 unspecified atom stereocenters. The average Bonchev–Trinajstić information content (AvgIpc) is 2.38. The highest BCUT2D eigenvalue weighted by molar-refractivity contribution is 6.20. The SMILES string of the molecule is Cc1cc(N2CCNCC2)c2c(n1)CC(Cl)CC2. The molecule has 1 aromatic heterocycles. The van der Waals surface area contributed by atoms with Crippen molar-refractivity contribution < 1.29 is 0 Å². The van der Waals surface area contributed by atoms with Gasteiger partial charge in [-0.25, -0.2) is 0 Å². The van der Waals surface area contributed by atoms with Gasteiger partial charge in [-0.05, 0) is 31.4 Å². The summed E-state index contributed by atoms with van der Waals surface area (Å²) in [6.45, 7) is 6.44. The third-order valence-electron chi connectivity index (χ3n) is 3.89. The zero-order valence-corrected chi connectivity index (χ0v) is 11.6. The van der Waals surface area contributed by atoms with E-state index in [0.717, 1.165) is 51.1 Å². The first-order chi connectivity index (χ1) is 8.74. The van der Waals surface area contributed by atoms with Crippen LogP contribution in [-0.4, -0.2) is 36.5 Å². The normalized spacial score (nSPS) is 23.9. The monoisotopic (exact) mass is 265 g/mol. The van der Waals surface area contributed by atoms with Gasteiger partial charge < -0.3 is 10.2 Å². The van der Waals surface area contributed by atoms with E-state index in [9.17, 15) is 0 Å². The van der Waals surface area contributed by atoms with Gasteiger partial charge in [-0.2, -0.15) is 0 Å². The molecule has 2 aliphatic rings. The van der Waals surface area contributed by atoms with Crippen LogP contribution in [0.1, 0.15) is 23.4 Å². The van der Waals surface area contributed by atoms with Crippen molar-refractivity contribution in [3.05, 3.63) is 23.0 Å². The maximum Gasteiger partial charge on any atom is 0.0474 e. The van der Waals surface area contributed by atoms with Crippen molar-refractivity contribution in [3.8, 4) is 0 Å². The Morgan fingerprint density at radius 2 is 2.17 bits per heavy atom. The Bertz CT molecular complexity index is 441. The number of piperazine rings is 1. The quantitative estimate of drug-likeness (QED) is 0.786. The van der Waals surface area contributed by atoms with E-state index in [2.05, 4.69) is 23.2 Å². The molecule has 98 valence electrons. The second kappa shape index (κ2) is 5.06. The summed E-state index contributed by atoms with van der Waals surface area (Å²) >= 11 is 6.27. The number of hydrogen-bond donors (Lipinski definition) is 1. The first-order valence-corrected chi connectivity index (χ1v) is 7.27. The lowest BCUT2D eigenvalue weighted by atomic mass is 9.93. The van der Waals surface area contributed by atoms with Gasteiger partial charge in [0.15, 0.2) is 0 Å². The lowest BCUT2D eigenvalue weighted by Crippen LogP contribution is -2.44. The van der Waals surface area contributed by atoms with Crippen LogP contribution in [0.5, 0.6) is 0 Å². The van der Waals surface area contributed by atoms with E-state index in [-0.39, 0.29) is 5.38 Å². The number of anilines is 1. The van der Waals surface area contributed by atoms with Crippen LogP contribution in [0.4, 0.5) is 5.69 Å². The predicted molar refractivity (Wildman–Crippen MR) is 75.7 cm³/mol. The van der Waals surface area contributed by atoms with Gasteiger partial charge in [0.05, 0.1) is 0 Å². The smallest absolute Gasteiger partial charge is 0.0474 e. The fraction of sp³-hybridized carbons (Fsp3) is 0.643. The summed E-state index contributed by atoms with van der Waals surface area (Å²) in [5.74, 6) is 0. The molecule has 0 saturated carbocycles. The minimum Gasteiger partial charge on any atom is -0.369 e. The summed E-state index contributed by atoms with van der Waals surface area (Å²) in [6, 6.07) is 2.25. The van der Waals surface area contributed by atoms with Crippen molar-refractivity contribution in [2.24, 2.45) is 0 Å². The lowest BCUT2D eigenvalue weighted by molar-refractivity contribution is 0.583. The maximum absolute atomic E-state index is 6.27. The van der Waals surface area contributed by atoms with Gasteiger partial charge in [-0.3, -0.25) is 4.98 Å². The van der Waals surface area contributed by atoms with E-state index < -0.39 is 0 Å². The number of fused-ring (bicyclic) bond motifs is 1. The molecular weight excluding hydrogens is 246 g/mol. The van der Waals surface area contributed by atoms with E-state index in [4.69, 9.17) is 16.6 Å². The maximum atomic E-state index is 6.27. The fourth-order valence-electron chi connectivity index (χ4n) is 2.99. The highest BCUT2D eigenvalue weighted by Crippen LogP contribution is 2.32. The molecule has 1 saturated heterocycles. The number of aromatic nitrogens is 1. The third-order valence-corrected chi connectivity index (χ3v) is 4.27. The number of alkyl halides is 1. The number of rotatable bonds is 1. The summed E-state index contributed by atoms with van der Waals surface area (Å²) in [6.07, 6.45) is 3.09. The molecule has 1 atom stereocenters. The molecule has 18 heavy (non-hydrogen) atoms. The molecule has 3 rings (SSSR count). The molecule has 1 fully saturated rings. The molecule has 0 radical (unpaired) electrons. The Morgan fingerprint density at radius 3 is 2.94 bits per heavy atom. The van der Waals surface area contributed by atoms with Crippen LogP contribution in [0.2, 0.25) is 0 Å². The number of nitrogens with one attached hydrogen (secondary N) is 1. The Balaban J connectivity index is 1.97. The number of aryl methyl sites for hydroxylation is 1. The summed E-state index contributed by atoms with van der Waals surface area (Å²) in [5.41, 5.74) is 5.20. The van der Waals surface area contributed by atoms with Crippen LogP contribution in [0.15, 0.2) is 6.07 Å². The molecule has 4 heteroatoms. The molecule has 3 nitrogen and oxygen atoms in total. The molecule has 0 aromatic carbocycles. The number of halogens is 1. The summed E-state index contributed by atoms with van der Waals surface area (Å²) in [4.78, 5) is 7.19. The second-order valence-electron chi connectivity index (χ2n) is 5.29. The molecule has 1 N–H and O–H groups in total. The topological polar surface area (TPSA) is 28.2 Å². The summed E-state index contributed by atoms with van der Waals surface area (Å²) in [5, 5.41) is 3.67. The Labute approximate surface area is 114 Å². The lowest BCUT2D eigenvalue weighted by Gasteiger charge is -2.33. The van der Waals surface area contributed by atoms with E-state index in [1.54, 1.807) is 0 Å². The third kappa shape index (κ3) is 2.34. The number of pyridine rings is 1. The van der Waals surface area contributed by atoms with Gasteiger partial charge >= 0.3 is 0 Å². The van der Waals surface area contributed by atoms with Gasteiger partial charge in [-0.15, -0.1) is 11.6 Å². The van der Waals surface area contributed by atoms with Crippen molar-refractivity contribution in [2.75, 3.05) is 31.1 Å². The number of hydrogen-bond acceptors (Lipinski definition) is 3. The van der Waals surface area contributed by atoms with Crippen LogP contribution < -0.4 is 10.2 Å². The molecule has 1 aromatic rings. The zero-order chi connectivity index (χ0) is 12.5. The van der Waals surface area contributed by atoms with Crippen molar-refractivity contribution in [2.45, 2.75) is 31.6 Å². The molecule has 0 amide bonds. The molecule has 0 spiro atoms. The minimum absolute atomic E-state index is 0.266. The van der Waals surface area contributed by atoms with Crippen LogP contribution >= 0.6 is 11.6 Å². The average molecular weight is 266 g/mol. The van der Waals surface area contributed by atoms with Crippen molar-refractivity contribution >= 4 is 17.3 Å². The molecule has 1 aliphatic carbocycles. The van der Waals surface area contributed by atoms with Gasteiger partial charge in [0.2, 0.25) is 0 Å². The van der Waals surface area contributed by atoms with Gasteiger partial charge in [0.1, 0.15) is 0 Å². The van der Waals surface area contributed by atoms with Crippen LogP contribution in [0.3, 0.4) is 0 Å². The van der Waals surface area contributed by atoms with Crippen molar-refractivity contribution in [1.29, 1.82) is 0 Å². The van der Waals surface area contributed by atoms with E-state index in [0.29, 0.717) is 0 Å². The van der Waals surface area contributed by atoms with Crippen molar-refractivity contribution in [1.82, 2.24) is 10.3 Å². The van der Waals surface area contributed by atoms with E-state index >= 15 is 0 Å². The summed E-state index contributed by atoms with van der Waals surface area (Å²) in [7, 11) is 0. The van der Waals surface area contributed by atoms with Crippen LogP contribution in [0.25, 0.3) is 0 Å². The van der Waals surface area contributed by atoms with E-state index in [1.165, 1.54) is 16.9 Å². The highest BCUT2D eigenvalue weighted by atomic mass is 35.5. The van der Waals surface area contributed by atoms with E-state index in [1.807, 2.05) is 0 Å². The molecule has 1 aliphatic heterocycles. The largest absolute Gasteiger partial charge is 0.369 e. The molecular formula is C14H20ClN3. The Hall–Kier alpha value is -0.800. The molecule has 2 heterocycles. The van der Waals surface area contributed by atoms with Gasteiger partial charge in [-0.1, -0.05) is 0 Å². The van der Waals surface area contributed by atoms with Gasteiger partial charge in [0, 0.05) is 55.1 Å². The molecule has 0 bridgehead atoms. The first-order valence-electron chi connectivity index (χ1n) is 6.83. The summed E-state index contributed by atoms with van der Waals surface area (Å²) < 4.78 is 0. The van der Waals surface area contributed by atoms with Crippen molar-refractivity contribution in [3.63, 3.8) is 0 Å². The standard InChI is InChI=1S/C14H20ClN3/c1-10-8-14(18-6-4-16-5-7-18)12-3-2-11(15)9-13(12)17-10/h8,11,16H,2-7,9H2,1H3. The minimum atomic E-state index is 0.266.